The van der Waals surface area contributed by atoms with E-state index in [9.17, 15) is 4.79 Å². The number of rotatable bonds is 7. The first-order chi connectivity index (χ1) is 14.2. The highest BCUT2D eigenvalue weighted by molar-refractivity contribution is 5.92. The van der Waals surface area contributed by atoms with E-state index in [1.165, 1.54) is 0 Å². The maximum absolute atomic E-state index is 12.3. The Morgan fingerprint density at radius 3 is 2.83 bits per heavy atom. The number of para-hydroxylation sites is 1. The summed E-state index contributed by atoms with van der Waals surface area (Å²) in [5, 5.41) is 16.1. The fourth-order valence-electron chi connectivity index (χ4n) is 3.60. The molecule has 1 aliphatic carbocycles. The van der Waals surface area contributed by atoms with E-state index in [1.54, 1.807) is 18.2 Å². The minimum Gasteiger partial charge on any atom is -0.339 e. The number of aromatic nitrogens is 2. The minimum absolute atomic E-state index is 0.0618. The minimum atomic E-state index is -0.0618. The third-order valence-electron chi connectivity index (χ3n) is 5.43. The summed E-state index contributed by atoms with van der Waals surface area (Å²) < 4.78 is 5.35. The molecule has 1 amide bonds. The van der Waals surface area contributed by atoms with E-state index in [4.69, 9.17) is 9.78 Å². The van der Waals surface area contributed by atoms with Crippen LogP contribution >= 0.6 is 0 Å². The second-order valence-electron chi connectivity index (χ2n) is 7.75. The highest BCUT2D eigenvalue weighted by Gasteiger charge is 2.30. The highest BCUT2D eigenvalue weighted by Crippen LogP contribution is 2.38. The zero-order valence-electron chi connectivity index (χ0n) is 16.5. The van der Waals surface area contributed by atoms with Gasteiger partial charge in [-0.25, -0.2) is 0 Å². The number of nitriles is 1. The lowest BCUT2D eigenvalue weighted by atomic mass is 10.2. The van der Waals surface area contributed by atoms with Crippen molar-refractivity contribution in [3.8, 4) is 6.07 Å². The molecule has 0 atom stereocenters. The lowest BCUT2D eigenvalue weighted by Crippen LogP contribution is -2.32. The second kappa shape index (κ2) is 9.16. The van der Waals surface area contributed by atoms with Gasteiger partial charge >= 0.3 is 0 Å². The summed E-state index contributed by atoms with van der Waals surface area (Å²) in [5.74, 6) is 1.99. The monoisotopic (exact) mass is 394 g/mol. The molecule has 0 spiro atoms. The highest BCUT2D eigenvalue weighted by atomic mass is 16.5. The van der Waals surface area contributed by atoms with Crippen molar-refractivity contribution in [3.63, 3.8) is 0 Å². The fraction of sp³-hybridized carbons (Fsp3) is 0.524. The van der Waals surface area contributed by atoms with E-state index in [1.807, 2.05) is 6.07 Å². The van der Waals surface area contributed by atoms with Gasteiger partial charge in [0.2, 0.25) is 11.8 Å². The van der Waals surface area contributed by atoms with Gasteiger partial charge in [-0.3, -0.25) is 9.69 Å². The number of carbonyl (C=O) groups excluding carboxylic acids is 1. The third kappa shape index (κ3) is 5.40. The average molecular weight is 394 g/mol. The molecule has 8 heteroatoms. The summed E-state index contributed by atoms with van der Waals surface area (Å²) in [7, 11) is 0. The summed E-state index contributed by atoms with van der Waals surface area (Å²) in [6.07, 6.45) is 3.79. The summed E-state index contributed by atoms with van der Waals surface area (Å²) in [6.45, 7) is 5.23. The largest absolute Gasteiger partial charge is 0.339 e. The third-order valence-corrected chi connectivity index (χ3v) is 5.43. The van der Waals surface area contributed by atoms with Crippen LogP contribution in [0.25, 0.3) is 0 Å². The molecule has 1 N–H and O–H groups in total. The maximum Gasteiger partial charge on any atom is 0.229 e. The number of nitrogens with zero attached hydrogens (tertiary/aromatic N) is 5. The molecule has 8 nitrogen and oxygen atoms in total. The van der Waals surface area contributed by atoms with Crippen molar-refractivity contribution in [1.29, 1.82) is 5.26 Å². The number of anilines is 1. The van der Waals surface area contributed by atoms with Crippen LogP contribution in [0.5, 0.6) is 0 Å². The van der Waals surface area contributed by atoms with Crippen LogP contribution in [0.2, 0.25) is 0 Å². The van der Waals surface area contributed by atoms with Crippen molar-refractivity contribution in [2.45, 2.75) is 38.1 Å². The quantitative estimate of drug-likeness (QED) is 0.770. The molecule has 1 aliphatic heterocycles. The molecule has 1 saturated carbocycles. The van der Waals surface area contributed by atoms with Gasteiger partial charge in [0.25, 0.3) is 0 Å². The molecule has 0 unspecified atom stereocenters. The van der Waals surface area contributed by atoms with Gasteiger partial charge in [-0.1, -0.05) is 17.3 Å². The molecular weight excluding hydrogens is 368 g/mol. The van der Waals surface area contributed by atoms with Crippen LogP contribution in [0, 0.1) is 11.3 Å². The zero-order valence-corrected chi connectivity index (χ0v) is 16.5. The van der Waals surface area contributed by atoms with Crippen molar-refractivity contribution in [1.82, 2.24) is 19.9 Å². The first kappa shape index (κ1) is 19.6. The van der Waals surface area contributed by atoms with Crippen LogP contribution in [0.3, 0.4) is 0 Å². The molecule has 4 rings (SSSR count). The van der Waals surface area contributed by atoms with E-state index in [0.717, 1.165) is 63.7 Å². The molecule has 29 heavy (non-hydrogen) atoms. The van der Waals surface area contributed by atoms with Gasteiger partial charge in [-0.05, 0) is 44.5 Å². The van der Waals surface area contributed by atoms with Gasteiger partial charge in [-0.2, -0.15) is 10.2 Å². The topological polar surface area (TPSA) is 98.3 Å². The lowest BCUT2D eigenvalue weighted by Gasteiger charge is -2.20. The van der Waals surface area contributed by atoms with Crippen molar-refractivity contribution >= 4 is 11.6 Å². The van der Waals surface area contributed by atoms with Crippen LogP contribution in [0.1, 0.15) is 48.9 Å². The van der Waals surface area contributed by atoms with Crippen molar-refractivity contribution in [2.75, 3.05) is 38.0 Å². The van der Waals surface area contributed by atoms with E-state index in [2.05, 4.69) is 31.3 Å². The van der Waals surface area contributed by atoms with E-state index in [-0.39, 0.29) is 5.91 Å². The summed E-state index contributed by atoms with van der Waals surface area (Å²) in [4.78, 5) is 21.5. The van der Waals surface area contributed by atoms with E-state index in [0.29, 0.717) is 30.1 Å². The van der Waals surface area contributed by atoms with Crippen molar-refractivity contribution in [3.05, 3.63) is 41.5 Å². The summed E-state index contributed by atoms with van der Waals surface area (Å²) in [5.41, 5.74) is 1.06. The summed E-state index contributed by atoms with van der Waals surface area (Å²) in [6, 6.07) is 9.17. The molecule has 0 bridgehead atoms. The molecular formula is C21H26N6O2. The van der Waals surface area contributed by atoms with Gasteiger partial charge in [0.1, 0.15) is 6.07 Å². The molecule has 2 fully saturated rings. The predicted octanol–water partition coefficient (Wildman–Crippen LogP) is 2.36. The first-order valence-corrected chi connectivity index (χ1v) is 10.3. The number of hydrogen-bond acceptors (Lipinski definition) is 7. The molecule has 0 radical (unpaired) electrons. The van der Waals surface area contributed by atoms with Gasteiger partial charge in [-0.15, -0.1) is 0 Å². The van der Waals surface area contributed by atoms with E-state index < -0.39 is 0 Å². The SMILES string of the molecule is N#Cc1ccccc1NC(=O)CCN1CCCN(Cc2noc(C3CC3)n2)CC1. The van der Waals surface area contributed by atoms with Crippen LogP contribution in [0.15, 0.2) is 28.8 Å². The maximum atomic E-state index is 12.3. The molecule has 1 aromatic carbocycles. The molecule has 1 saturated heterocycles. The molecule has 2 aliphatic rings. The number of amides is 1. The Kier molecular flexibility index (Phi) is 6.17. The Balaban J connectivity index is 1.21. The van der Waals surface area contributed by atoms with Crippen LogP contribution < -0.4 is 5.32 Å². The Morgan fingerprint density at radius 2 is 2.00 bits per heavy atom. The fourth-order valence-corrected chi connectivity index (χ4v) is 3.60. The molecule has 1 aromatic heterocycles. The normalized spacial score (nSPS) is 18.2. The summed E-state index contributed by atoms with van der Waals surface area (Å²) >= 11 is 0. The zero-order chi connectivity index (χ0) is 20.1. The smallest absolute Gasteiger partial charge is 0.229 e. The number of benzene rings is 1. The van der Waals surface area contributed by atoms with E-state index >= 15 is 0 Å². The lowest BCUT2D eigenvalue weighted by molar-refractivity contribution is -0.116. The average Bonchev–Trinajstić information content (AvgIpc) is 3.52. The van der Waals surface area contributed by atoms with Crippen molar-refractivity contribution in [2.24, 2.45) is 0 Å². The second-order valence-corrected chi connectivity index (χ2v) is 7.75. The number of hydrogen-bond donors (Lipinski definition) is 1. The van der Waals surface area contributed by atoms with Crippen LogP contribution in [0.4, 0.5) is 5.69 Å². The predicted molar refractivity (Wildman–Crippen MR) is 107 cm³/mol. The Morgan fingerprint density at radius 1 is 1.21 bits per heavy atom. The number of nitrogens with one attached hydrogen (secondary N) is 1. The standard InChI is InChI=1S/C21H26N6O2/c22-14-17-4-1-2-5-18(17)23-20(28)8-11-26-9-3-10-27(13-12-26)15-19-24-21(29-25-19)16-6-7-16/h1-2,4-5,16H,3,6-13,15H2,(H,23,28). The van der Waals surface area contributed by atoms with Crippen molar-refractivity contribution < 1.29 is 9.32 Å². The van der Waals surface area contributed by atoms with Gasteiger partial charge < -0.3 is 14.7 Å². The Labute approximate surface area is 170 Å². The van der Waals surface area contributed by atoms with Gasteiger partial charge in [0, 0.05) is 32.0 Å². The Hall–Kier alpha value is -2.76. The van der Waals surface area contributed by atoms with Gasteiger partial charge in [0.15, 0.2) is 5.82 Å². The molecule has 2 heterocycles. The Bertz CT molecular complexity index is 885. The van der Waals surface area contributed by atoms with Gasteiger partial charge in [0.05, 0.1) is 17.8 Å². The first-order valence-electron chi connectivity index (χ1n) is 10.3. The number of carbonyl (C=O) groups is 1. The van der Waals surface area contributed by atoms with Crippen LogP contribution in [-0.4, -0.2) is 58.6 Å². The molecule has 152 valence electrons. The van der Waals surface area contributed by atoms with Crippen LogP contribution in [-0.2, 0) is 11.3 Å². The molecule has 2 aromatic rings.